The van der Waals surface area contributed by atoms with E-state index in [1.807, 2.05) is 0 Å². The molecule has 0 amide bonds. The Morgan fingerprint density at radius 1 is 1.21 bits per heavy atom. The van der Waals surface area contributed by atoms with E-state index in [4.69, 9.17) is 0 Å². The van der Waals surface area contributed by atoms with Gasteiger partial charge in [-0.3, -0.25) is 0 Å². The van der Waals surface area contributed by atoms with Gasteiger partial charge < -0.3 is 9.72 Å². The van der Waals surface area contributed by atoms with E-state index in [1.54, 1.807) is 23.0 Å². The van der Waals surface area contributed by atoms with Crippen LogP contribution in [-0.2, 0) is 0 Å². The van der Waals surface area contributed by atoms with Crippen molar-refractivity contribution < 1.29 is 8.78 Å². The molecule has 0 aliphatic carbocycles. The lowest BCUT2D eigenvalue weighted by Gasteiger charge is -2.07. The summed E-state index contributed by atoms with van der Waals surface area (Å²) in [6.45, 7) is 0. The summed E-state index contributed by atoms with van der Waals surface area (Å²) in [6.07, 6.45) is 5.14. The van der Waals surface area contributed by atoms with Crippen molar-refractivity contribution in [2.45, 2.75) is 0 Å². The van der Waals surface area contributed by atoms with Crippen LogP contribution >= 0.6 is 15.9 Å². The van der Waals surface area contributed by atoms with Gasteiger partial charge in [0.15, 0.2) is 23.1 Å². The number of hydrogen-bond acceptors (Lipinski definition) is 3. The molecule has 0 bridgehead atoms. The highest BCUT2D eigenvalue weighted by Gasteiger charge is 2.08. The largest absolute Gasteiger partial charge is 0.337 e. The highest BCUT2D eigenvalue weighted by molar-refractivity contribution is 9.10. The lowest BCUT2D eigenvalue weighted by atomic mass is 10.3. The van der Waals surface area contributed by atoms with Crippen molar-refractivity contribution in [3.05, 3.63) is 53.0 Å². The molecule has 1 aromatic carbocycles. The van der Waals surface area contributed by atoms with Gasteiger partial charge in [0.2, 0.25) is 0 Å². The molecule has 0 saturated carbocycles. The van der Waals surface area contributed by atoms with Gasteiger partial charge in [-0.25, -0.2) is 18.7 Å². The summed E-state index contributed by atoms with van der Waals surface area (Å²) in [5.74, 6) is -1.36. The number of benzene rings is 1. The van der Waals surface area contributed by atoms with E-state index in [9.17, 15) is 8.78 Å². The maximum atomic E-state index is 13.1. The van der Waals surface area contributed by atoms with Crippen molar-refractivity contribution >= 4 is 33.1 Å². The minimum absolute atomic E-state index is 0.398. The Morgan fingerprint density at radius 2 is 2.05 bits per heavy atom. The normalized spacial score (nSPS) is 10.9. The van der Waals surface area contributed by atoms with Crippen LogP contribution in [0.3, 0.4) is 0 Å². The number of nitrogens with zero attached hydrogens (tertiary/aromatic N) is 3. The molecule has 3 rings (SSSR count). The van der Waals surface area contributed by atoms with Crippen LogP contribution < -0.4 is 5.32 Å². The molecule has 0 fully saturated rings. The quantitative estimate of drug-likeness (QED) is 0.784. The molecule has 0 unspecified atom stereocenters. The van der Waals surface area contributed by atoms with Crippen molar-refractivity contribution in [1.29, 1.82) is 0 Å². The maximum Gasteiger partial charge on any atom is 0.180 e. The van der Waals surface area contributed by atoms with Gasteiger partial charge in [0, 0.05) is 30.3 Å². The number of halogens is 3. The Kier molecular flexibility index (Phi) is 2.90. The third-order valence-electron chi connectivity index (χ3n) is 2.53. The average Bonchev–Trinajstić information content (AvgIpc) is 2.82. The lowest BCUT2D eigenvalue weighted by Crippen LogP contribution is -1.99. The van der Waals surface area contributed by atoms with Gasteiger partial charge >= 0.3 is 0 Å². The van der Waals surface area contributed by atoms with Gasteiger partial charge in [0.25, 0.3) is 0 Å². The van der Waals surface area contributed by atoms with Gasteiger partial charge in [0.05, 0.1) is 0 Å². The standard InChI is InChI=1S/C12H7BrF2N4/c13-10-6-19-4-3-16-12(19)11(18-10)17-7-1-2-8(14)9(15)5-7/h1-6H,(H,17,18). The van der Waals surface area contributed by atoms with Crippen molar-refractivity contribution in [2.24, 2.45) is 0 Å². The van der Waals surface area contributed by atoms with Crippen LogP contribution in [0.2, 0.25) is 0 Å². The number of rotatable bonds is 2. The highest BCUT2D eigenvalue weighted by atomic mass is 79.9. The van der Waals surface area contributed by atoms with E-state index >= 15 is 0 Å². The lowest BCUT2D eigenvalue weighted by molar-refractivity contribution is 0.509. The van der Waals surface area contributed by atoms with Crippen molar-refractivity contribution in [3.63, 3.8) is 0 Å². The van der Waals surface area contributed by atoms with Crippen LogP contribution in [0.5, 0.6) is 0 Å². The molecule has 7 heteroatoms. The van der Waals surface area contributed by atoms with Crippen molar-refractivity contribution in [2.75, 3.05) is 5.32 Å². The predicted molar refractivity (Wildman–Crippen MR) is 70.3 cm³/mol. The van der Waals surface area contributed by atoms with E-state index < -0.39 is 11.6 Å². The van der Waals surface area contributed by atoms with E-state index in [0.717, 1.165) is 12.1 Å². The second kappa shape index (κ2) is 4.58. The molecule has 96 valence electrons. The molecule has 2 aromatic heterocycles. The SMILES string of the molecule is Fc1ccc(Nc2nc(Br)cn3ccnc23)cc1F. The third kappa shape index (κ3) is 2.28. The first-order valence-corrected chi connectivity index (χ1v) is 6.14. The predicted octanol–water partition coefficient (Wildman–Crippen LogP) is 3.51. The summed E-state index contributed by atoms with van der Waals surface area (Å²) in [6, 6.07) is 3.55. The molecule has 0 spiro atoms. The molecule has 19 heavy (non-hydrogen) atoms. The van der Waals surface area contributed by atoms with Gasteiger partial charge in [-0.2, -0.15) is 0 Å². The number of fused-ring (bicyclic) bond motifs is 1. The number of imidazole rings is 1. The van der Waals surface area contributed by atoms with E-state index in [1.165, 1.54) is 6.07 Å². The fraction of sp³-hybridized carbons (Fsp3) is 0. The Bertz CT molecular complexity index is 757. The van der Waals surface area contributed by atoms with E-state index in [-0.39, 0.29) is 0 Å². The fourth-order valence-corrected chi connectivity index (χ4v) is 2.09. The van der Waals surface area contributed by atoms with Gasteiger partial charge in [0.1, 0.15) is 4.60 Å². The first kappa shape index (κ1) is 12.0. The van der Waals surface area contributed by atoms with Gasteiger partial charge in [-0.15, -0.1) is 0 Å². The number of nitrogens with one attached hydrogen (secondary N) is 1. The molecule has 0 saturated heterocycles. The Balaban J connectivity index is 2.04. The van der Waals surface area contributed by atoms with Crippen LogP contribution in [0.25, 0.3) is 5.65 Å². The molecule has 0 atom stereocenters. The van der Waals surface area contributed by atoms with Crippen LogP contribution in [0.1, 0.15) is 0 Å². The fourth-order valence-electron chi connectivity index (χ4n) is 1.70. The summed E-state index contributed by atoms with van der Waals surface area (Å²) in [7, 11) is 0. The second-order valence-corrected chi connectivity index (χ2v) is 4.64. The molecule has 3 aromatic rings. The summed E-state index contributed by atoms with van der Waals surface area (Å²) in [5.41, 5.74) is 0.988. The zero-order valence-corrected chi connectivity index (χ0v) is 11.0. The Hall–Kier alpha value is -2.02. The minimum atomic E-state index is -0.917. The van der Waals surface area contributed by atoms with E-state index in [0.29, 0.717) is 21.8 Å². The Labute approximate surface area is 115 Å². The topological polar surface area (TPSA) is 42.2 Å². The van der Waals surface area contributed by atoms with Gasteiger partial charge in [-0.05, 0) is 28.1 Å². The molecule has 2 heterocycles. The van der Waals surface area contributed by atoms with Gasteiger partial charge in [-0.1, -0.05) is 0 Å². The smallest absolute Gasteiger partial charge is 0.180 e. The first-order chi connectivity index (χ1) is 9.13. The Morgan fingerprint density at radius 3 is 2.84 bits per heavy atom. The summed E-state index contributed by atoms with van der Waals surface area (Å²) in [4.78, 5) is 8.37. The zero-order chi connectivity index (χ0) is 13.4. The third-order valence-corrected chi connectivity index (χ3v) is 2.91. The average molecular weight is 325 g/mol. The molecule has 0 aliphatic rings. The summed E-state index contributed by atoms with van der Waals surface area (Å²) >= 11 is 3.27. The molecule has 0 aliphatic heterocycles. The van der Waals surface area contributed by atoms with Crippen molar-refractivity contribution in [1.82, 2.24) is 14.4 Å². The maximum absolute atomic E-state index is 13.1. The molecule has 0 radical (unpaired) electrons. The van der Waals surface area contributed by atoms with Crippen LogP contribution in [0, 0.1) is 11.6 Å². The molecular weight excluding hydrogens is 318 g/mol. The van der Waals surface area contributed by atoms with Crippen molar-refractivity contribution in [3.8, 4) is 0 Å². The first-order valence-electron chi connectivity index (χ1n) is 5.35. The highest BCUT2D eigenvalue weighted by Crippen LogP contribution is 2.22. The zero-order valence-electron chi connectivity index (χ0n) is 9.44. The van der Waals surface area contributed by atoms with Crippen LogP contribution in [0.15, 0.2) is 41.4 Å². The second-order valence-electron chi connectivity index (χ2n) is 3.82. The molecule has 1 N–H and O–H groups in total. The molecular formula is C12H7BrF2N4. The van der Waals surface area contributed by atoms with Crippen LogP contribution in [-0.4, -0.2) is 14.4 Å². The summed E-state index contributed by atoms with van der Waals surface area (Å²) in [5, 5.41) is 2.91. The number of aromatic nitrogens is 3. The summed E-state index contributed by atoms with van der Waals surface area (Å²) < 4.78 is 28.4. The minimum Gasteiger partial charge on any atom is -0.337 e. The van der Waals surface area contributed by atoms with Crippen LogP contribution in [0.4, 0.5) is 20.3 Å². The monoisotopic (exact) mass is 324 g/mol. The molecule has 4 nitrogen and oxygen atoms in total. The number of anilines is 2. The number of hydrogen-bond donors (Lipinski definition) is 1. The van der Waals surface area contributed by atoms with E-state index in [2.05, 4.69) is 31.2 Å².